The van der Waals surface area contributed by atoms with Gasteiger partial charge >= 0.3 is 0 Å². The van der Waals surface area contributed by atoms with Gasteiger partial charge in [-0.05, 0) is 49.3 Å². The Balaban J connectivity index is 1.49. The van der Waals surface area contributed by atoms with Crippen molar-refractivity contribution in [1.29, 1.82) is 0 Å². The Bertz CT molecular complexity index is 642. The zero-order valence-corrected chi connectivity index (χ0v) is 15.5. The lowest BCUT2D eigenvalue weighted by Gasteiger charge is -2.35. The smallest absolute Gasteiger partial charge is 0.231 e. The average molecular weight is 358 g/mol. The van der Waals surface area contributed by atoms with Crippen molar-refractivity contribution in [3.63, 3.8) is 0 Å². The Morgan fingerprint density at radius 3 is 2.62 bits per heavy atom. The van der Waals surface area contributed by atoms with Crippen molar-refractivity contribution >= 4 is 5.91 Å². The third-order valence-electron chi connectivity index (χ3n) is 6.28. The fourth-order valence-corrected chi connectivity index (χ4v) is 4.71. The van der Waals surface area contributed by atoms with Crippen LogP contribution >= 0.6 is 0 Å². The van der Waals surface area contributed by atoms with E-state index in [1.165, 1.54) is 19.3 Å². The summed E-state index contributed by atoms with van der Waals surface area (Å²) in [6, 6.07) is 6.58. The second kappa shape index (κ2) is 7.87. The maximum absolute atomic E-state index is 13.2. The number of ether oxygens (including phenoxy) is 2. The highest BCUT2D eigenvalue weighted by molar-refractivity contribution is 5.77. The van der Waals surface area contributed by atoms with Crippen LogP contribution in [0.3, 0.4) is 0 Å². The minimum atomic E-state index is 0.192. The molecule has 142 valence electrons. The van der Waals surface area contributed by atoms with Gasteiger partial charge in [0.05, 0.1) is 0 Å². The van der Waals surface area contributed by atoms with Crippen LogP contribution in [-0.2, 0) is 11.3 Å². The van der Waals surface area contributed by atoms with Crippen molar-refractivity contribution < 1.29 is 14.3 Å². The second-order valence-electron chi connectivity index (χ2n) is 8.06. The minimum Gasteiger partial charge on any atom is -0.454 e. The highest BCUT2D eigenvalue weighted by Gasteiger charge is 2.31. The molecule has 0 unspecified atom stereocenters. The van der Waals surface area contributed by atoms with Gasteiger partial charge in [0.2, 0.25) is 12.7 Å². The van der Waals surface area contributed by atoms with Crippen LogP contribution in [-0.4, -0.2) is 29.7 Å². The summed E-state index contributed by atoms with van der Waals surface area (Å²) in [5.74, 6) is 2.21. The molecule has 2 atom stereocenters. The second-order valence-corrected chi connectivity index (χ2v) is 8.06. The first kappa shape index (κ1) is 17.7. The summed E-state index contributed by atoms with van der Waals surface area (Å²) in [7, 11) is 0. The van der Waals surface area contributed by atoms with Gasteiger partial charge < -0.3 is 20.1 Å². The monoisotopic (exact) mass is 358 g/mol. The first-order chi connectivity index (χ1) is 12.7. The van der Waals surface area contributed by atoms with Crippen LogP contribution < -0.4 is 15.2 Å². The molecule has 2 N–H and O–H groups in total. The van der Waals surface area contributed by atoms with Gasteiger partial charge in [-0.25, -0.2) is 0 Å². The van der Waals surface area contributed by atoms with Gasteiger partial charge in [0.1, 0.15) is 0 Å². The van der Waals surface area contributed by atoms with Crippen LogP contribution in [0.5, 0.6) is 11.5 Å². The van der Waals surface area contributed by atoms with Crippen molar-refractivity contribution in [1.82, 2.24) is 4.90 Å². The van der Waals surface area contributed by atoms with E-state index in [4.69, 9.17) is 15.2 Å². The molecule has 5 heteroatoms. The first-order valence-electron chi connectivity index (χ1n) is 10.1. The number of carbonyl (C=O) groups is 1. The molecule has 1 aromatic rings. The highest BCUT2D eigenvalue weighted by atomic mass is 16.7. The van der Waals surface area contributed by atoms with Crippen LogP contribution in [0.2, 0.25) is 0 Å². The van der Waals surface area contributed by atoms with E-state index in [-0.39, 0.29) is 18.7 Å². The standard InChI is InChI=1S/C21H30N2O3/c22-18-8-4-5-16(18)12-21(24)23(17-6-2-1-3-7-17)13-15-9-10-19-20(11-15)26-14-25-19/h9-11,16-18H,1-8,12-14,22H2/t16-,18+/m0/s1. The number of nitrogens with two attached hydrogens (primary N) is 1. The molecule has 1 aliphatic heterocycles. The van der Waals surface area contributed by atoms with E-state index in [0.29, 0.717) is 24.9 Å². The Hall–Kier alpha value is -1.75. The van der Waals surface area contributed by atoms with Crippen molar-refractivity contribution in [2.24, 2.45) is 11.7 Å². The number of hydrogen-bond donors (Lipinski definition) is 1. The van der Waals surface area contributed by atoms with Crippen molar-refractivity contribution in [3.8, 4) is 11.5 Å². The topological polar surface area (TPSA) is 64.8 Å². The molecule has 2 fully saturated rings. The largest absolute Gasteiger partial charge is 0.454 e. The van der Waals surface area contributed by atoms with Gasteiger partial charge in [0.15, 0.2) is 11.5 Å². The van der Waals surface area contributed by atoms with E-state index >= 15 is 0 Å². The SMILES string of the molecule is N[C@@H]1CCC[C@H]1CC(=O)N(Cc1ccc2c(c1)OCO2)C1CCCCC1. The fourth-order valence-electron chi connectivity index (χ4n) is 4.71. The predicted octanol–water partition coefficient (Wildman–Crippen LogP) is 3.59. The highest BCUT2D eigenvalue weighted by Crippen LogP contribution is 2.34. The average Bonchev–Trinajstić information content (AvgIpc) is 3.29. The molecule has 2 aliphatic carbocycles. The zero-order chi connectivity index (χ0) is 17.9. The molecule has 5 nitrogen and oxygen atoms in total. The number of fused-ring (bicyclic) bond motifs is 1. The molecule has 0 bridgehead atoms. The summed E-state index contributed by atoms with van der Waals surface area (Å²) < 4.78 is 10.9. The molecule has 0 saturated heterocycles. The molecule has 1 amide bonds. The van der Waals surface area contributed by atoms with E-state index in [0.717, 1.165) is 49.2 Å². The van der Waals surface area contributed by atoms with Crippen molar-refractivity contribution in [3.05, 3.63) is 23.8 Å². The normalized spacial score (nSPS) is 25.4. The Morgan fingerprint density at radius 2 is 1.85 bits per heavy atom. The number of nitrogens with zero attached hydrogens (tertiary/aromatic N) is 1. The van der Waals surface area contributed by atoms with Gasteiger partial charge in [0, 0.05) is 25.0 Å². The molecule has 0 radical (unpaired) electrons. The van der Waals surface area contributed by atoms with Crippen LogP contribution in [0, 0.1) is 5.92 Å². The maximum atomic E-state index is 13.2. The molecule has 4 rings (SSSR count). The third kappa shape index (κ3) is 3.83. The van der Waals surface area contributed by atoms with E-state index in [1.54, 1.807) is 0 Å². The predicted molar refractivity (Wildman–Crippen MR) is 99.9 cm³/mol. The zero-order valence-electron chi connectivity index (χ0n) is 15.5. The fraction of sp³-hybridized carbons (Fsp3) is 0.667. The summed E-state index contributed by atoms with van der Waals surface area (Å²) >= 11 is 0. The van der Waals surface area contributed by atoms with E-state index in [2.05, 4.69) is 11.0 Å². The number of rotatable bonds is 5. The summed E-state index contributed by atoms with van der Waals surface area (Å²) in [5.41, 5.74) is 7.33. The van der Waals surface area contributed by atoms with Gasteiger partial charge in [-0.2, -0.15) is 0 Å². The van der Waals surface area contributed by atoms with Gasteiger partial charge in [0.25, 0.3) is 0 Å². The Kier molecular flexibility index (Phi) is 5.34. The number of benzene rings is 1. The van der Waals surface area contributed by atoms with E-state index < -0.39 is 0 Å². The third-order valence-corrected chi connectivity index (χ3v) is 6.28. The number of amides is 1. The molecular weight excluding hydrogens is 328 g/mol. The summed E-state index contributed by atoms with van der Waals surface area (Å²) in [6.07, 6.45) is 9.87. The maximum Gasteiger partial charge on any atom is 0.231 e. The Labute approximate surface area is 155 Å². The van der Waals surface area contributed by atoms with Gasteiger partial charge in [-0.1, -0.05) is 31.7 Å². The molecule has 1 heterocycles. The molecule has 1 aromatic carbocycles. The number of hydrogen-bond acceptors (Lipinski definition) is 4. The van der Waals surface area contributed by atoms with Crippen LogP contribution in [0.4, 0.5) is 0 Å². The molecule has 3 aliphatic rings. The summed E-state index contributed by atoms with van der Waals surface area (Å²) in [5, 5.41) is 0. The van der Waals surface area contributed by atoms with Crippen molar-refractivity contribution in [2.45, 2.75) is 76.4 Å². The molecule has 0 aromatic heterocycles. The molecule has 2 saturated carbocycles. The van der Waals surface area contributed by atoms with Gasteiger partial charge in [-0.3, -0.25) is 4.79 Å². The quantitative estimate of drug-likeness (QED) is 0.873. The summed E-state index contributed by atoms with van der Waals surface area (Å²) in [4.78, 5) is 15.3. The van der Waals surface area contributed by atoms with Crippen LogP contribution in [0.25, 0.3) is 0 Å². The molecule has 26 heavy (non-hydrogen) atoms. The molecular formula is C21H30N2O3. The number of carbonyl (C=O) groups excluding carboxylic acids is 1. The summed E-state index contributed by atoms with van der Waals surface area (Å²) in [6.45, 7) is 0.936. The van der Waals surface area contributed by atoms with E-state index in [9.17, 15) is 4.79 Å². The van der Waals surface area contributed by atoms with Crippen LogP contribution in [0.15, 0.2) is 18.2 Å². The van der Waals surface area contributed by atoms with Gasteiger partial charge in [-0.15, -0.1) is 0 Å². The first-order valence-corrected chi connectivity index (χ1v) is 10.1. The lowest BCUT2D eigenvalue weighted by molar-refractivity contribution is -0.136. The van der Waals surface area contributed by atoms with E-state index in [1.807, 2.05) is 12.1 Å². The minimum absolute atomic E-state index is 0.192. The van der Waals surface area contributed by atoms with Crippen LogP contribution in [0.1, 0.15) is 63.4 Å². The van der Waals surface area contributed by atoms with Crippen molar-refractivity contribution in [2.75, 3.05) is 6.79 Å². The molecule has 0 spiro atoms. The lowest BCUT2D eigenvalue weighted by atomic mass is 9.92. The lowest BCUT2D eigenvalue weighted by Crippen LogP contribution is -2.42. The Morgan fingerprint density at radius 1 is 1.04 bits per heavy atom.